The Hall–Kier alpha value is -0.650. The van der Waals surface area contributed by atoms with E-state index in [1.165, 1.54) is 276 Å². The quantitative estimate of drug-likeness (QED) is 0.0458. The highest BCUT2D eigenvalue weighted by Gasteiger charge is 2.21. The zero-order valence-electron chi connectivity index (χ0n) is 42.5. The molecule has 372 valence electrons. The van der Waals surface area contributed by atoms with Gasteiger partial charge in [-0.1, -0.05) is 316 Å². The zero-order valence-corrected chi connectivity index (χ0v) is 42.5. The molecule has 0 fully saturated rings. The van der Waals surface area contributed by atoms with Crippen LogP contribution in [0, 0.1) is 0 Å². The van der Waals surface area contributed by atoms with Gasteiger partial charge in [0.1, 0.15) is 0 Å². The van der Waals surface area contributed by atoms with E-state index in [4.69, 9.17) is 0 Å². The molecule has 0 aromatic heterocycles. The molecule has 0 aromatic carbocycles. The van der Waals surface area contributed by atoms with Crippen LogP contribution in [0.5, 0.6) is 0 Å². The monoisotopic (exact) mass is 878 g/mol. The number of aliphatic hydroxyl groups excluding tert-OH is 3. The molecule has 5 heteroatoms. The summed E-state index contributed by atoms with van der Waals surface area (Å²) in [7, 11) is 0. The van der Waals surface area contributed by atoms with Crippen LogP contribution < -0.4 is 5.32 Å². The van der Waals surface area contributed by atoms with Gasteiger partial charge in [-0.15, -0.1) is 0 Å². The van der Waals surface area contributed by atoms with Gasteiger partial charge in [0.15, 0.2) is 0 Å². The van der Waals surface area contributed by atoms with Crippen molar-refractivity contribution in [1.29, 1.82) is 0 Å². The largest absolute Gasteiger partial charge is 0.394 e. The SMILES string of the molecule is CCCCCCCCCCCCCCCCCCCCCCCCCCCCCC(O)CC(=O)NC(CO)C(O)CCCCCCCCCCCCCCCCCCCCCC. The van der Waals surface area contributed by atoms with Crippen molar-refractivity contribution in [2.24, 2.45) is 0 Å². The minimum Gasteiger partial charge on any atom is -0.394 e. The van der Waals surface area contributed by atoms with E-state index >= 15 is 0 Å². The summed E-state index contributed by atoms with van der Waals surface area (Å²) in [5, 5.41) is 33.7. The average molecular weight is 879 g/mol. The van der Waals surface area contributed by atoms with Crippen LogP contribution in [0.4, 0.5) is 0 Å². The number of amides is 1. The molecule has 0 saturated heterocycles. The van der Waals surface area contributed by atoms with Crippen molar-refractivity contribution in [3.63, 3.8) is 0 Å². The fourth-order valence-electron chi connectivity index (χ4n) is 9.53. The molecule has 0 bridgehead atoms. The third-order valence-corrected chi connectivity index (χ3v) is 13.9. The van der Waals surface area contributed by atoms with Crippen molar-refractivity contribution >= 4 is 5.91 Å². The van der Waals surface area contributed by atoms with Gasteiger partial charge in [-0.05, 0) is 12.8 Å². The van der Waals surface area contributed by atoms with Gasteiger partial charge in [-0.3, -0.25) is 4.79 Å². The van der Waals surface area contributed by atoms with E-state index in [-0.39, 0.29) is 18.9 Å². The molecule has 3 atom stereocenters. The summed E-state index contributed by atoms with van der Waals surface area (Å²) in [5.41, 5.74) is 0. The summed E-state index contributed by atoms with van der Waals surface area (Å²) >= 11 is 0. The highest BCUT2D eigenvalue weighted by atomic mass is 16.3. The summed E-state index contributed by atoms with van der Waals surface area (Å²) in [6, 6.07) is -0.654. The van der Waals surface area contributed by atoms with Gasteiger partial charge in [-0.2, -0.15) is 0 Å². The molecule has 0 heterocycles. The summed E-state index contributed by atoms with van der Waals surface area (Å²) in [4.78, 5) is 12.5. The topological polar surface area (TPSA) is 89.8 Å². The first kappa shape index (κ1) is 61.4. The minimum atomic E-state index is -0.745. The van der Waals surface area contributed by atoms with Gasteiger partial charge < -0.3 is 20.6 Å². The molecule has 0 saturated carbocycles. The lowest BCUT2D eigenvalue weighted by atomic mass is 10.0. The molecule has 0 aromatic rings. The molecule has 1 amide bonds. The van der Waals surface area contributed by atoms with E-state index in [1.807, 2.05) is 0 Å². The van der Waals surface area contributed by atoms with Crippen LogP contribution in [-0.2, 0) is 4.79 Å². The Kier molecular flexibility index (Phi) is 52.4. The van der Waals surface area contributed by atoms with E-state index in [9.17, 15) is 20.1 Å². The second-order valence-corrected chi connectivity index (χ2v) is 20.3. The number of hydrogen-bond donors (Lipinski definition) is 4. The van der Waals surface area contributed by atoms with Crippen LogP contribution in [0.2, 0.25) is 0 Å². The molecular weight excluding hydrogens is 763 g/mol. The standard InChI is InChI=1S/C57H115NO4/c1-3-5-7-9-11-13-15-17-19-21-23-25-26-27-28-29-30-31-32-34-36-38-40-42-44-46-48-50-54(60)52-57(62)58-55(53-59)56(61)51-49-47-45-43-41-39-37-35-33-24-22-20-18-16-14-12-10-8-6-4-2/h54-56,59-61H,3-53H2,1-2H3,(H,58,62). The first-order chi connectivity index (χ1) is 30.5. The Labute approximate surface area is 389 Å². The first-order valence-electron chi connectivity index (χ1n) is 28.8. The van der Waals surface area contributed by atoms with Gasteiger partial charge in [-0.25, -0.2) is 0 Å². The summed E-state index contributed by atoms with van der Waals surface area (Å²) in [6.45, 7) is 4.31. The molecule has 0 aliphatic rings. The molecule has 0 aliphatic heterocycles. The molecule has 0 spiro atoms. The van der Waals surface area contributed by atoms with E-state index in [0.717, 1.165) is 25.7 Å². The van der Waals surface area contributed by atoms with E-state index < -0.39 is 18.2 Å². The molecule has 4 N–H and O–H groups in total. The van der Waals surface area contributed by atoms with Crippen LogP contribution >= 0.6 is 0 Å². The number of nitrogens with one attached hydrogen (secondary N) is 1. The number of unbranched alkanes of at least 4 members (excludes halogenated alkanes) is 45. The predicted molar refractivity (Wildman–Crippen MR) is 273 cm³/mol. The third kappa shape index (κ3) is 48.8. The Morgan fingerprint density at radius 1 is 0.339 bits per heavy atom. The summed E-state index contributed by atoms with van der Waals surface area (Å²) in [6.07, 6.45) is 64.1. The number of carbonyl (C=O) groups is 1. The third-order valence-electron chi connectivity index (χ3n) is 13.9. The number of rotatable bonds is 54. The van der Waals surface area contributed by atoms with Crippen molar-refractivity contribution in [1.82, 2.24) is 5.32 Å². The maximum absolute atomic E-state index is 12.5. The van der Waals surface area contributed by atoms with Gasteiger partial charge in [0, 0.05) is 0 Å². The van der Waals surface area contributed by atoms with Crippen LogP contribution in [0.25, 0.3) is 0 Å². The average Bonchev–Trinajstić information content (AvgIpc) is 3.27. The van der Waals surface area contributed by atoms with Crippen molar-refractivity contribution < 1.29 is 20.1 Å². The van der Waals surface area contributed by atoms with Crippen LogP contribution in [0.3, 0.4) is 0 Å². The van der Waals surface area contributed by atoms with Gasteiger partial charge in [0.25, 0.3) is 0 Å². The fraction of sp³-hybridized carbons (Fsp3) is 0.982. The zero-order chi connectivity index (χ0) is 45.1. The number of aliphatic hydroxyl groups is 3. The van der Waals surface area contributed by atoms with E-state index in [0.29, 0.717) is 12.8 Å². The smallest absolute Gasteiger partial charge is 0.222 e. The van der Waals surface area contributed by atoms with E-state index in [2.05, 4.69) is 19.2 Å². The lowest BCUT2D eigenvalue weighted by Crippen LogP contribution is -2.46. The highest BCUT2D eigenvalue weighted by Crippen LogP contribution is 2.19. The van der Waals surface area contributed by atoms with Gasteiger partial charge in [0.2, 0.25) is 5.91 Å². The maximum atomic E-state index is 12.5. The molecular formula is C57H115NO4. The lowest BCUT2D eigenvalue weighted by Gasteiger charge is -2.23. The first-order valence-corrected chi connectivity index (χ1v) is 28.8. The van der Waals surface area contributed by atoms with Crippen LogP contribution in [0.1, 0.15) is 335 Å². The minimum absolute atomic E-state index is 0.0437. The molecule has 0 radical (unpaired) electrons. The van der Waals surface area contributed by atoms with Crippen molar-refractivity contribution in [3.8, 4) is 0 Å². The predicted octanol–water partition coefficient (Wildman–Crippen LogP) is 17.7. The highest BCUT2D eigenvalue weighted by molar-refractivity contribution is 5.76. The molecule has 0 aliphatic carbocycles. The molecule has 62 heavy (non-hydrogen) atoms. The van der Waals surface area contributed by atoms with Crippen LogP contribution in [0.15, 0.2) is 0 Å². The Bertz CT molecular complexity index is 838. The Morgan fingerprint density at radius 2 is 0.548 bits per heavy atom. The molecule has 0 rings (SSSR count). The van der Waals surface area contributed by atoms with E-state index in [1.54, 1.807) is 0 Å². The van der Waals surface area contributed by atoms with Gasteiger partial charge in [0.05, 0.1) is 31.3 Å². The van der Waals surface area contributed by atoms with Crippen molar-refractivity contribution in [2.75, 3.05) is 6.61 Å². The van der Waals surface area contributed by atoms with Crippen molar-refractivity contribution in [2.45, 2.75) is 353 Å². The Morgan fingerprint density at radius 3 is 0.774 bits per heavy atom. The molecule has 5 nitrogen and oxygen atoms in total. The summed E-state index contributed by atoms with van der Waals surface area (Å²) in [5.74, 6) is -0.274. The van der Waals surface area contributed by atoms with Crippen LogP contribution in [-0.4, -0.2) is 46.1 Å². The van der Waals surface area contributed by atoms with Gasteiger partial charge >= 0.3 is 0 Å². The fourth-order valence-corrected chi connectivity index (χ4v) is 9.53. The Balaban J connectivity index is 3.47. The second-order valence-electron chi connectivity index (χ2n) is 20.3. The number of hydrogen-bond acceptors (Lipinski definition) is 4. The normalized spacial score (nSPS) is 13.2. The van der Waals surface area contributed by atoms with Crippen molar-refractivity contribution in [3.05, 3.63) is 0 Å². The number of carbonyl (C=O) groups excluding carboxylic acids is 1. The summed E-state index contributed by atoms with van der Waals surface area (Å²) < 4.78 is 0. The second kappa shape index (κ2) is 53.0. The maximum Gasteiger partial charge on any atom is 0.222 e. The molecule has 3 unspecified atom stereocenters. The lowest BCUT2D eigenvalue weighted by molar-refractivity contribution is -0.125.